The molecular formula is C8H12F3N3OS. The summed E-state index contributed by atoms with van der Waals surface area (Å²) < 4.78 is 40.2. The molecule has 0 saturated heterocycles. The van der Waals surface area contributed by atoms with E-state index in [0.717, 1.165) is 5.75 Å². The lowest BCUT2D eigenvalue weighted by Gasteiger charge is -2.05. The summed E-state index contributed by atoms with van der Waals surface area (Å²) in [6.07, 6.45) is -4.22. The smallest absolute Gasteiger partial charge is 0.338 e. The zero-order valence-corrected chi connectivity index (χ0v) is 9.49. The first kappa shape index (κ1) is 13.3. The molecule has 1 heterocycles. The summed E-state index contributed by atoms with van der Waals surface area (Å²) in [4.78, 5) is 3.94. The maximum atomic E-state index is 11.8. The normalized spacial score (nSPS) is 12.0. The van der Waals surface area contributed by atoms with Gasteiger partial charge >= 0.3 is 6.18 Å². The van der Waals surface area contributed by atoms with E-state index in [2.05, 4.69) is 15.5 Å². The van der Waals surface area contributed by atoms with Crippen LogP contribution < -0.4 is 5.32 Å². The van der Waals surface area contributed by atoms with Crippen LogP contribution in [0.3, 0.4) is 0 Å². The molecule has 92 valence electrons. The fraction of sp³-hybridized carbons (Fsp3) is 0.750. The van der Waals surface area contributed by atoms with E-state index < -0.39 is 12.7 Å². The molecular weight excluding hydrogens is 243 g/mol. The molecule has 0 aliphatic heterocycles. The van der Waals surface area contributed by atoms with Gasteiger partial charge in [-0.05, 0) is 5.75 Å². The van der Waals surface area contributed by atoms with Crippen molar-refractivity contribution in [3.63, 3.8) is 0 Å². The summed E-state index contributed by atoms with van der Waals surface area (Å²) in [5, 5.41) is 5.82. The van der Waals surface area contributed by atoms with Gasteiger partial charge in [0.05, 0.1) is 18.8 Å². The van der Waals surface area contributed by atoms with Crippen molar-refractivity contribution in [1.29, 1.82) is 0 Å². The van der Waals surface area contributed by atoms with E-state index in [1.165, 1.54) is 0 Å². The first-order valence-corrected chi connectivity index (χ1v) is 5.83. The summed E-state index contributed by atoms with van der Waals surface area (Å²) in [6, 6.07) is 0. The minimum absolute atomic E-state index is 0.0662. The Hall–Kier alpha value is -0.760. The second-order valence-electron chi connectivity index (χ2n) is 2.96. The van der Waals surface area contributed by atoms with Crippen molar-refractivity contribution in [3.05, 3.63) is 11.7 Å². The second kappa shape index (κ2) is 6.09. The molecule has 0 spiro atoms. The molecule has 0 unspecified atom stereocenters. The molecule has 1 N–H and O–H groups in total. The highest BCUT2D eigenvalue weighted by Gasteiger charge is 2.26. The molecule has 0 fully saturated rings. The third kappa shape index (κ3) is 5.36. The fourth-order valence-electron chi connectivity index (χ4n) is 0.925. The van der Waals surface area contributed by atoms with E-state index in [1.54, 1.807) is 11.8 Å². The molecule has 0 bridgehead atoms. The average Bonchev–Trinajstić information content (AvgIpc) is 2.61. The van der Waals surface area contributed by atoms with Crippen LogP contribution in [0, 0.1) is 0 Å². The van der Waals surface area contributed by atoms with Crippen molar-refractivity contribution in [2.24, 2.45) is 0 Å². The van der Waals surface area contributed by atoms with Crippen molar-refractivity contribution in [3.8, 4) is 0 Å². The number of alkyl halides is 3. The van der Waals surface area contributed by atoms with Gasteiger partial charge < -0.3 is 9.84 Å². The first-order chi connectivity index (χ1) is 7.51. The maximum Gasteiger partial charge on any atom is 0.401 e. The second-order valence-corrected chi connectivity index (χ2v) is 4.23. The van der Waals surface area contributed by atoms with Crippen molar-refractivity contribution in [1.82, 2.24) is 15.5 Å². The summed E-state index contributed by atoms with van der Waals surface area (Å²) in [5.74, 6) is 2.22. The number of halogens is 3. The number of aromatic nitrogens is 2. The number of thioether (sulfide) groups is 1. The van der Waals surface area contributed by atoms with E-state index in [9.17, 15) is 13.2 Å². The van der Waals surface area contributed by atoms with Gasteiger partial charge in [-0.2, -0.15) is 29.9 Å². The number of hydrogen-bond donors (Lipinski definition) is 1. The third-order valence-electron chi connectivity index (χ3n) is 1.55. The molecule has 0 aliphatic rings. The van der Waals surface area contributed by atoms with E-state index in [0.29, 0.717) is 11.6 Å². The summed E-state index contributed by atoms with van der Waals surface area (Å²) in [5.41, 5.74) is 0. The van der Waals surface area contributed by atoms with Gasteiger partial charge in [0.2, 0.25) is 5.89 Å². The Morgan fingerprint density at radius 2 is 2.19 bits per heavy atom. The predicted octanol–water partition coefficient (Wildman–Crippen LogP) is 1.97. The lowest BCUT2D eigenvalue weighted by atomic mass is 10.5. The van der Waals surface area contributed by atoms with Crippen LogP contribution in [0.15, 0.2) is 4.52 Å². The number of rotatable bonds is 6. The van der Waals surface area contributed by atoms with Crippen molar-refractivity contribution in [2.75, 3.05) is 12.3 Å². The van der Waals surface area contributed by atoms with Crippen molar-refractivity contribution < 1.29 is 17.7 Å². The van der Waals surface area contributed by atoms with Gasteiger partial charge in [0, 0.05) is 0 Å². The van der Waals surface area contributed by atoms with Gasteiger partial charge in [-0.3, -0.25) is 0 Å². The molecule has 1 rings (SSSR count). The fourth-order valence-corrected chi connectivity index (χ4v) is 1.43. The minimum Gasteiger partial charge on any atom is -0.338 e. The number of nitrogens with one attached hydrogen (secondary N) is 1. The lowest BCUT2D eigenvalue weighted by molar-refractivity contribution is -0.125. The largest absolute Gasteiger partial charge is 0.401 e. The van der Waals surface area contributed by atoms with E-state index >= 15 is 0 Å². The Balaban J connectivity index is 2.29. The highest BCUT2D eigenvalue weighted by atomic mass is 32.2. The van der Waals surface area contributed by atoms with Gasteiger partial charge in [-0.1, -0.05) is 12.1 Å². The SMILES string of the molecule is CCSCc1noc(CNCC(F)(F)F)n1. The molecule has 16 heavy (non-hydrogen) atoms. The minimum atomic E-state index is -4.22. The van der Waals surface area contributed by atoms with Crippen molar-refractivity contribution >= 4 is 11.8 Å². The molecule has 4 nitrogen and oxygen atoms in total. The molecule has 0 saturated carbocycles. The Bertz CT molecular complexity index is 316. The van der Waals surface area contributed by atoms with Crippen LogP contribution in [-0.2, 0) is 12.3 Å². The van der Waals surface area contributed by atoms with Crippen LogP contribution in [0.1, 0.15) is 18.6 Å². The highest BCUT2D eigenvalue weighted by molar-refractivity contribution is 7.98. The number of hydrogen-bond acceptors (Lipinski definition) is 5. The van der Waals surface area contributed by atoms with E-state index in [-0.39, 0.29) is 12.4 Å². The molecule has 0 radical (unpaired) electrons. The predicted molar refractivity (Wildman–Crippen MR) is 53.9 cm³/mol. The van der Waals surface area contributed by atoms with Crippen LogP contribution in [0.2, 0.25) is 0 Å². The van der Waals surface area contributed by atoms with E-state index in [1.807, 2.05) is 6.92 Å². The lowest BCUT2D eigenvalue weighted by Crippen LogP contribution is -2.28. The Labute approximate surface area is 95.0 Å². The van der Waals surface area contributed by atoms with Crippen LogP contribution in [0.25, 0.3) is 0 Å². The Kier molecular flexibility index (Phi) is 5.07. The topological polar surface area (TPSA) is 51.0 Å². The van der Waals surface area contributed by atoms with Gasteiger partial charge in [-0.15, -0.1) is 0 Å². The first-order valence-electron chi connectivity index (χ1n) is 4.68. The zero-order chi connectivity index (χ0) is 12.0. The Morgan fingerprint density at radius 1 is 1.44 bits per heavy atom. The highest BCUT2D eigenvalue weighted by Crippen LogP contribution is 2.13. The summed E-state index contributed by atoms with van der Waals surface area (Å²) in [6.45, 7) is 0.869. The molecule has 1 aromatic heterocycles. The molecule has 0 aromatic carbocycles. The van der Waals surface area contributed by atoms with Crippen LogP contribution in [0.4, 0.5) is 13.2 Å². The van der Waals surface area contributed by atoms with Gasteiger partial charge in [-0.25, -0.2) is 0 Å². The number of nitrogens with zero attached hydrogens (tertiary/aromatic N) is 2. The van der Waals surface area contributed by atoms with Crippen molar-refractivity contribution in [2.45, 2.75) is 25.4 Å². The monoisotopic (exact) mass is 255 g/mol. The standard InChI is InChI=1S/C8H12F3N3OS/c1-2-16-4-6-13-7(15-14-6)3-12-5-8(9,10)11/h12H,2-5H2,1H3. The average molecular weight is 255 g/mol. The summed E-state index contributed by atoms with van der Waals surface area (Å²) >= 11 is 1.62. The zero-order valence-electron chi connectivity index (χ0n) is 8.67. The van der Waals surface area contributed by atoms with Gasteiger partial charge in [0.25, 0.3) is 0 Å². The molecule has 8 heteroatoms. The van der Waals surface area contributed by atoms with Crippen LogP contribution in [0.5, 0.6) is 0 Å². The molecule has 0 amide bonds. The van der Waals surface area contributed by atoms with Gasteiger partial charge in [0.15, 0.2) is 5.82 Å². The summed E-state index contributed by atoms with van der Waals surface area (Å²) in [7, 11) is 0. The molecule has 1 aromatic rings. The quantitative estimate of drug-likeness (QED) is 0.842. The molecule has 0 atom stereocenters. The van der Waals surface area contributed by atoms with Gasteiger partial charge in [0.1, 0.15) is 0 Å². The Morgan fingerprint density at radius 3 is 2.81 bits per heavy atom. The third-order valence-corrected chi connectivity index (χ3v) is 2.42. The maximum absolute atomic E-state index is 11.8. The van der Waals surface area contributed by atoms with Crippen LogP contribution >= 0.6 is 11.8 Å². The van der Waals surface area contributed by atoms with Crippen LogP contribution in [-0.4, -0.2) is 28.6 Å². The van der Waals surface area contributed by atoms with E-state index in [4.69, 9.17) is 4.52 Å². The molecule has 0 aliphatic carbocycles.